The SMILES string of the molecule is CC(=O)OC[C@H]1O[C@@H](n2ccc(=O)[nH]c2=O)C=C1c1ccccc1. The minimum Gasteiger partial charge on any atom is -0.463 e. The summed E-state index contributed by atoms with van der Waals surface area (Å²) in [6, 6.07) is 10.7. The molecule has 7 heteroatoms. The molecule has 0 fully saturated rings. The summed E-state index contributed by atoms with van der Waals surface area (Å²) in [6.07, 6.45) is 1.97. The number of carbonyl (C=O) groups is 1. The first-order valence-electron chi connectivity index (χ1n) is 7.42. The van der Waals surface area contributed by atoms with E-state index in [2.05, 4.69) is 4.98 Å². The lowest BCUT2D eigenvalue weighted by atomic mass is 10.0. The van der Waals surface area contributed by atoms with Crippen LogP contribution in [0.4, 0.5) is 0 Å². The summed E-state index contributed by atoms with van der Waals surface area (Å²) in [7, 11) is 0. The van der Waals surface area contributed by atoms with Crippen molar-refractivity contribution in [2.24, 2.45) is 0 Å². The molecular formula is C17H16N2O5. The van der Waals surface area contributed by atoms with Crippen LogP contribution < -0.4 is 11.2 Å². The number of H-pyrrole nitrogens is 1. The Hall–Kier alpha value is -2.93. The number of aromatic nitrogens is 2. The molecule has 0 saturated carbocycles. The molecule has 2 heterocycles. The van der Waals surface area contributed by atoms with Crippen LogP contribution in [-0.4, -0.2) is 28.2 Å². The van der Waals surface area contributed by atoms with E-state index < -0.39 is 29.6 Å². The predicted octanol–water partition coefficient (Wildman–Crippen LogP) is 1.08. The number of rotatable bonds is 4. The van der Waals surface area contributed by atoms with E-state index in [1.807, 2.05) is 30.3 Å². The molecule has 0 aliphatic carbocycles. The molecule has 0 spiro atoms. The Balaban J connectivity index is 1.95. The lowest BCUT2D eigenvalue weighted by molar-refractivity contribution is -0.144. The van der Waals surface area contributed by atoms with Gasteiger partial charge in [0.2, 0.25) is 0 Å². The summed E-state index contributed by atoms with van der Waals surface area (Å²) in [5.41, 5.74) is 0.692. The molecule has 1 aromatic heterocycles. The quantitative estimate of drug-likeness (QED) is 0.848. The Kier molecular flexibility index (Phi) is 4.43. The van der Waals surface area contributed by atoms with E-state index in [1.165, 1.54) is 23.8 Å². The van der Waals surface area contributed by atoms with Crippen molar-refractivity contribution in [3.05, 3.63) is 75.1 Å². The number of hydrogen-bond donors (Lipinski definition) is 1. The first kappa shape index (κ1) is 15.9. The largest absolute Gasteiger partial charge is 0.463 e. The highest BCUT2D eigenvalue weighted by atomic mass is 16.6. The molecule has 124 valence electrons. The second-order valence-electron chi connectivity index (χ2n) is 5.32. The van der Waals surface area contributed by atoms with Crippen LogP contribution in [0.15, 0.2) is 58.3 Å². The molecule has 2 atom stereocenters. The van der Waals surface area contributed by atoms with Crippen LogP contribution in [-0.2, 0) is 14.3 Å². The van der Waals surface area contributed by atoms with Crippen LogP contribution in [0.2, 0.25) is 0 Å². The number of esters is 1. The maximum atomic E-state index is 12.0. The lowest BCUT2D eigenvalue weighted by Crippen LogP contribution is -2.32. The van der Waals surface area contributed by atoms with Crippen molar-refractivity contribution in [3.63, 3.8) is 0 Å². The van der Waals surface area contributed by atoms with E-state index in [-0.39, 0.29) is 6.61 Å². The van der Waals surface area contributed by atoms with Gasteiger partial charge in [0, 0.05) is 19.2 Å². The van der Waals surface area contributed by atoms with Gasteiger partial charge in [0.15, 0.2) is 6.23 Å². The molecule has 2 aromatic rings. The van der Waals surface area contributed by atoms with Crippen LogP contribution in [0.1, 0.15) is 18.7 Å². The Morgan fingerprint density at radius 2 is 2.00 bits per heavy atom. The van der Waals surface area contributed by atoms with E-state index in [0.717, 1.165) is 11.1 Å². The molecule has 0 saturated heterocycles. The molecule has 24 heavy (non-hydrogen) atoms. The van der Waals surface area contributed by atoms with Gasteiger partial charge >= 0.3 is 11.7 Å². The van der Waals surface area contributed by atoms with Crippen molar-refractivity contribution < 1.29 is 14.3 Å². The standard InChI is InChI=1S/C17H16N2O5/c1-11(20)23-10-14-13(12-5-3-2-4-6-12)9-16(24-14)19-8-7-15(21)18-17(19)22/h2-9,14,16H,10H2,1H3,(H,18,21,22)/t14-,16-/m1/s1. The molecule has 1 aromatic carbocycles. The Morgan fingerprint density at radius 3 is 2.67 bits per heavy atom. The average Bonchev–Trinajstić information content (AvgIpc) is 2.97. The van der Waals surface area contributed by atoms with E-state index >= 15 is 0 Å². The number of nitrogens with one attached hydrogen (secondary N) is 1. The van der Waals surface area contributed by atoms with Crippen LogP contribution in [0, 0.1) is 0 Å². The Labute approximate surface area is 137 Å². The zero-order valence-electron chi connectivity index (χ0n) is 13.0. The van der Waals surface area contributed by atoms with Crippen molar-refractivity contribution in [1.82, 2.24) is 9.55 Å². The zero-order valence-corrected chi connectivity index (χ0v) is 13.0. The smallest absolute Gasteiger partial charge is 0.330 e. The summed E-state index contributed by atoms with van der Waals surface area (Å²) in [4.78, 5) is 36.4. The van der Waals surface area contributed by atoms with Crippen LogP contribution in [0.25, 0.3) is 5.57 Å². The fourth-order valence-electron chi connectivity index (χ4n) is 2.55. The van der Waals surface area contributed by atoms with Crippen molar-refractivity contribution in [2.75, 3.05) is 6.61 Å². The Bertz CT molecular complexity index is 882. The first-order chi connectivity index (χ1) is 11.5. The number of carbonyl (C=O) groups excluding carboxylic acids is 1. The van der Waals surface area contributed by atoms with Crippen LogP contribution in [0.5, 0.6) is 0 Å². The third-order valence-electron chi connectivity index (χ3n) is 3.64. The normalized spacial score (nSPS) is 19.8. The van der Waals surface area contributed by atoms with Gasteiger partial charge in [-0.2, -0.15) is 0 Å². The monoisotopic (exact) mass is 328 g/mol. The van der Waals surface area contributed by atoms with Gasteiger partial charge in [-0.25, -0.2) is 4.79 Å². The summed E-state index contributed by atoms with van der Waals surface area (Å²) in [5, 5.41) is 0. The van der Waals surface area contributed by atoms with E-state index in [0.29, 0.717) is 0 Å². The zero-order chi connectivity index (χ0) is 17.1. The van der Waals surface area contributed by atoms with E-state index in [1.54, 1.807) is 6.08 Å². The highest BCUT2D eigenvalue weighted by Crippen LogP contribution is 2.33. The summed E-state index contributed by atoms with van der Waals surface area (Å²) < 4.78 is 12.2. The van der Waals surface area contributed by atoms with Crippen LogP contribution >= 0.6 is 0 Å². The molecule has 7 nitrogen and oxygen atoms in total. The average molecular weight is 328 g/mol. The summed E-state index contributed by atoms with van der Waals surface area (Å²) in [6.45, 7) is 1.37. The molecular weight excluding hydrogens is 312 g/mol. The van der Waals surface area contributed by atoms with Gasteiger partial charge in [0.25, 0.3) is 5.56 Å². The van der Waals surface area contributed by atoms with E-state index in [9.17, 15) is 14.4 Å². The Morgan fingerprint density at radius 1 is 1.25 bits per heavy atom. The number of ether oxygens (including phenoxy) is 2. The number of benzene rings is 1. The third kappa shape index (κ3) is 3.36. The minimum atomic E-state index is -0.690. The lowest BCUT2D eigenvalue weighted by Gasteiger charge is -2.17. The molecule has 1 aliphatic heterocycles. The van der Waals surface area contributed by atoms with Crippen molar-refractivity contribution in [3.8, 4) is 0 Å². The van der Waals surface area contributed by atoms with Gasteiger partial charge in [-0.15, -0.1) is 0 Å². The predicted molar refractivity (Wildman–Crippen MR) is 86.3 cm³/mol. The molecule has 3 rings (SSSR count). The molecule has 0 radical (unpaired) electrons. The van der Waals surface area contributed by atoms with Gasteiger partial charge in [0.1, 0.15) is 12.7 Å². The molecule has 0 amide bonds. The number of nitrogens with zero attached hydrogens (tertiary/aromatic N) is 1. The summed E-state index contributed by atoms with van der Waals surface area (Å²) in [5.74, 6) is -0.407. The number of hydrogen-bond acceptors (Lipinski definition) is 5. The third-order valence-corrected chi connectivity index (χ3v) is 3.64. The molecule has 1 N–H and O–H groups in total. The molecule has 0 unspecified atom stereocenters. The van der Waals surface area contributed by atoms with Gasteiger partial charge in [-0.3, -0.25) is 19.1 Å². The van der Waals surface area contributed by atoms with Crippen molar-refractivity contribution in [2.45, 2.75) is 19.3 Å². The molecule has 0 bridgehead atoms. The second-order valence-corrected chi connectivity index (χ2v) is 5.32. The van der Waals surface area contributed by atoms with Crippen molar-refractivity contribution >= 4 is 11.5 Å². The van der Waals surface area contributed by atoms with Gasteiger partial charge in [0.05, 0.1) is 0 Å². The summed E-state index contributed by atoms with van der Waals surface area (Å²) >= 11 is 0. The molecule has 1 aliphatic rings. The van der Waals surface area contributed by atoms with Crippen LogP contribution in [0.3, 0.4) is 0 Å². The highest BCUT2D eigenvalue weighted by molar-refractivity contribution is 5.71. The highest BCUT2D eigenvalue weighted by Gasteiger charge is 2.30. The number of aromatic amines is 1. The van der Waals surface area contributed by atoms with Gasteiger partial charge in [-0.05, 0) is 17.2 Å². The fraction of sp³-hybridized carbons (Fsp3) is 0.235. The fourth-order valence-corrected chi connectivity index (χ4v) is 2.55. The minimum absolute atomic E-state index is 0.0463. The van der Waals surface area contributed by atoms with Gasteiger partial charge < -0.3 is 9.47 Å². The van der Waals surface area contributed by atoms with E-state index in [4.69, 9.17) is 9.47 Å². The van der Waals surface area contributed by atoms with Gasteiger partial charge in [-0.1, -0.05) is 30.3 Å². The second kappa shape index (κ2) is 6.67. The maximum absolute atomic E-state index is 12.0. The maximum Gasteiger partial charge on any atom is 0.330 e. The first-order valence-corrected chi connectivity index (χ1v) is 7.42. The topological polar surface area (TPSA) is 90.4 Å². The van der Waals surface area contributed by atoms with Crippen molar-refractivity contribution in [1.29, 1.82) is 0 Å².